The SMILES string of the molecule is Nc1ccccc1NC(=O)c1ccc(OCCNC(=O)c2cc3ccc(OCCC4CNCCO4)cc3o2)cc1. The van der Waals surface area contributed by atoms with Crippen LogP contribution in [0.2, 0.25) is 0 Å². The molecule has 5 N–H and O–H groups in total. The summed E-state index contributed by atoms with van der Waals surface area (Å²) in [6, 6.07) is 21.0. The molecule has 1 saturated heterocycles. The Morgan fingerprint density at radius 3 is 2.55 bits per heavy atom. The zero-order valence-electron chi connectivity index (χ0n) is 22.0. The molecular weight excluding hydrogens is 512 g/mol. The second-order valence-electron chi connectivity index (χ2n) is 9.31. The molecule has 2 amide bonds. The molecule has 0 aliphatic carbocycles. The number of ether oxygens (including phenoxy) is 3. The van der Waals surface area contributed by atoms with Gasteiger partial charge in [-0.05, 0) is 54.6 Å². The minimum absolute atomic E-state index is 0.159. The minimum atomic E-state index is -0.337. The van der Waals surface area contributed by atoms with Gasteiger partial charge in [-0.2, -0.15) is 0 Å². The van der Waals surface area contributed by atoms with Gasteiger partial charge in [0.25, 0.3) is 11.8 Å². The summed E-state index contributed by atoms with van der Waals surface area (Å²) in [6.07, 6.45) is 0.953. The molecule has 1 unspecified atom stereocenters. The Balaban J connectivity index is 1.05. The van der Waals surface area contributed by atoms with Crippen molar-refractivity contribution < 1.29 is 28.2 Å². The van der Waals surface area contributed by atoms with Crippen molar-refractivity contribution in [3.8, 4) is 11.5 Å². The number of carbonyl (C=O) groups is 2. The number of nitrogens with one attached hydrogen (secondary N) is 3. The van der Waals surface area contributed by atoms with Gasteiger partial charge in [-0.25, -0.2) is 0 Å². The lowest BCUT2D eigenvalue weighted by Crippen LogP contribution is -2.39. The molecule has 10 nitrogen and oxygen atoms in total. The average molecular weight is 545 g/mol. The fraction of sp³-hybridized carbons (Fsp3) is 0.267. The Hall–Kier alpha value is -4.54. The van der Waals surface area contributed by atoms with Crippen molar-refractivity contribution in [2.45, 2.75) is 12.5 Å². The number of morpholine rings is 1. The van der Waals surface area contributed by atoms with Gasteiger partial charge < -0.3 is 40.3 Å². The molecule has 1 atom stereocenters. The highest BCUT2D eigenvalue weighted by molar-refractivity contribution is 6.05. The zero-order chi connectivity index (χ0) is 27.7. The van der Waals surface area contributed by atoms with Crippen molar-refractivity contribution in [3.63, 3.8) is 0 Å². The first-order valence-electron chi connectivity index (χ1n) is 13.2. The Morgan fingerprint density at radius 2 is 1.75 bits per heavy atom. The summed E-state index contributed by atoms with van der Waals surface area (Å²) in [7, 11) is 0. The maximum Gasteiger partial charge on any atom is 0.287 e. The molecule has 0 bridgehead atoms. The Labute approximate surface area is 231 Å². The number of carbonyl (C=O) groups excluding carboxylic acids is 2. The topological polar surface area (TPSA) is 137 Å². The molecule has 5 rings (SSSR count). The highest BCUT2D eigenvalue weighted by Gasteiger charge is 2.15. The largest absolute Gasteiger partial charge is 0.493 e. The summed E-state index contributed by atoms with van der Waals surface area (Å²) >= 11 is 0. The van der Waals surface area contributed by atoms with Crippen LogP contribution in [0.5, 0.6) is 11.5 Å². The first-order valence-corrected chi connectivity index (χ1v) is 13.2. The molecule has 4 aromatic rings. The summed E-state index contributed by atoms with van der Waals surface area (Å²) in [6.45, 7) is 3.50. The van der Waals surface area contributed by atoms with Crippen molar-refractivity contribution in [2.75, 3.05) is 50.5 Å². The Kier molecular flexibility index (Phi) is 8.79. The van der Waals surface area contributed by atoms with Crippen LogP contribution in [0.4, 0.5) is 11.4 Å². The van der Waals surface area contributed by atoms with Gasteiger partial charge in [0.05, 0.1) is 37.2 Å². The number of nitrogen functional groups attached to an aromatic ring is 1. The monoisotopic (exact) mass is 544 g/mol. The van der Waals surface area contributed by atoms with Gasteiger partial charge in [0.15, 0.2) is 5.76 Å². The van der Waals surface area contributed by atoms with Gasteiger partial charge in [0, 0.05) is 36.5 Å². The van der Waals surface area contributed by atoms with Gasteiger partial charge in [0.2, 0.25) is 0 Å². The normalized spacial score (nSPS) is 14.9. The number of nitrogens with two attached hydrogens (primary N) is 1. The minimum Gasteiger partial charge on any atom is -0.493 e. The standard InChI is InChI=1S/C30H32N4O6/c31-25-3-1-2-4-26(25)34-29(35)20-5-8-22(9-6-20)38-16-13-33-30(36)28-17-21-7-10-23(18-27(21)40-28)37-14-11-24-19-32-12-15-39-24/h1-10,17-18,24,32H,11-16,19,31H2,(H,33,36)(H,34,35). The van der Waals surface area contributed by atoms with Crippen LogP contribution >= 0.6 is 0 Å². The third-order valence-corrected chi connectivity index (χ3v) is 6.41. The first kappa shape index (κ1) is 27.0. The third kappa shape index (κ3) is 7.10. The van der Waals surface area contributed by atoms with E-state index >= 15 is 0 Å². The molecular formula is C30H32N4O6. The average Bonchev–Trinajstić information content (AvgIpc) is 3.41. The summed E-state index contributed by atoms with van der Waals surface area (Å²) in [5, 5.41) is 9.69. The zero-order valence-corrected chi connectivity index (χ0v) is 22.0. The molecule has 1 fully saturated rings. The van der Waals surface area contributed by atoms with E-state index in [0.29, 0.717) is 40.6 Å². The van der Waals surface area contributed by atoms with Crippen LogP contribution in [0, 0.1) is 0 Å². The highest BCUT2D eigenvalue weighted by Crippen LogP contribution is 2.25. The van der Waals surface area contributed by atoms with E-state index in [9.17, 15) is 9.59 Å². The molecule has 1 aromatic heterocycles. The van der Waals surface area contributed by atoms with Crippen LogP contribution in [0.15, 0.2) is 77.2 Å². The fourth-order valence-corrected chi connectivity index (χ4v) is 4.25. The summed E-state index contributed by atoms with van der Waals surface area (Å²) in [5.74, 6) is 0.860. The predicted octanol–water partition coefficient (Wildman–Crippen LogP) is 3.83. The Bertz CT molecular complexity index is 1450. The molecule has 10 heteroatoms. The number of fused-ring (bicyclic) bond motifs is 1. The first-order chi connectivity index (χ1) is 19.5. The van der Waals surface area contributed by atoms with E-state index in [-0.39, 0.29) is 36.8 Å². The molecule has 1 aliphatic rings. The molecule has 2 heterocycles. The van der Waals surface area contributed by atoms with E-state index in [1.807, 2.05) is 12.1 Å². The second-order valence-corrected chi connectivity index (χ2v) is 9.31. The molecule has 1 aliphatic heterocycles. The number of furan rings is 1. The van der Waals surface area contributed by atoms with E-state index in [4.69, 9.17) is 24.4 Å². The lowest BCUT2D eigenvalue weighted by Gasteiger charge is -2.23. The van der Waals surface area contributed by atoms with Crippen molar-refractivity contribution in [1.82, 2.24) is 10.6 Å². The van der Waals surface area contributed by atoms with Gasteiger partial charge in [0.1, 0.15) is 23.7 Å². The van der Waals surface area contributed by atoms with E-state index in [1.54, 1.807) is 60.7 Å². The predicted molar refractivity (Wildman–Crippen MR) is 152 cm³/mol. The highest BCUT2D eigenvalue weighted by atomic mass is 16.5. The van der Waals surface area contributed by atoms with E-state index in [1.165, 1.54) is 0 Å². The van der Waals surface area contributed by atoms with Crippen LogP contribution in [0.25, 0.3) is 11.0 Å². The van der Waals surface area contributed by atoms with Crippen molar-refractivity contribution in [2.24, 2.45) is 0 Å². The number of amides is 2. The van der Waals surface area contributed by atoms with Crippen LogP contribution < -0.4 is 31.2 Å². The summed E-state index contributed by atoms with van der Waals surface area (Å²) in [5.41, 5.74) is 7.98. The number of hydrogen-bond donors (Lipinski definition) is 4. The molecule has 0 spiro atoms. The van der Waals surface area contributed by atoms with Gasteiger partial charge in [-0.3, -0.25) is 9.59 Å². The van der Waals surface area contributed by atoms with Crippen LogP contribution in [-0.4, -0.2) is 57.4 Å². The number of para-hydroxylation sites is 2. The van der Waals surface area contributed by atoms with Gasteiger partial charge in [-0.15, -0.1) is 0 Å². The number of anilines is 2. The van der Waals surface area contributed by atoms with Crippen molar-refractivity contribution in [3.05, 3.63) is 84.1 Å². The third-order valence-electron chi connectivity index (χ3n) is 6.41. The molecule has 40 heavy (non-hydrogen) atoms. The summed E-state index contributed by atoms with van der Waals surface area (Å²) < 4.78 is 23.0. The Morgan fingerprint density at radius 1 is 0.950 bits per heavy atom. The quantitative estimate of drug-likeness (QED) is 0.165. The molecule has 208 valence electrons. The fourth-order valence-electron chi connectivity index (χ4n) is 4.25. The van der Waals surface area contributed by atoms with Crippen LogP contribution in [0.1, 0.15) is 27.3 Å². The number of benzene rings is 3. The van der Waals surface area contributed by atoms with E-state index in [0.717, 1.165) is 31.5 Å². The van der Waals surface area contributed by atoms with Gasteiger partial charge in [-0.1, -0.05) is 12.1 Å². The van der Waals surface area contributed by atoms with Crippen LogP contribution in [0.3, 0.4) is 0 Å². The molecule has 0 radical (unpaired) electrons. The number of rotatable bonds is 11. The maximum absolute atomic E-state index is 12.6. The summed E-state index contributed by atoms with van der Waals surface area (Å²) in [4.78, 5) is 25.0. The van der Waals surface area contributed by atoms with Crippen molar-refractivity contribution in [1.29, 1.82) is 0 Å². The molecule has 3 aromatic carbocycles. The smallest absolute Gasteiger partial charge is 0.287 e. The lowest BCUT2D eigenvalue weighted by atomic mass is 10.2. The lowest BCUT2D eigenvalue weighted by molar-refractivity contribution is 0.0159. The second kappa shape index (κ2) is 13.0. The van der Waals surface area contributed by atoms with Crippen LogP contribution in [-0.2, 0) is 4.74 Å². The van der Waals surface area contributed by atoms with E-state index in [2.05, 4.69) is 16.0 Å². The van der Waals surface area contributed by atoms with E-state index < -0.39 is 0 Å². The molecule has 0 saturated carbocycles. The number of hydrogen-bond acceptors (Lipinski definition) is 8. The maximum atomic E-state index is 12.6. The van der Waals surface area contributed by atoms with Crippen molar-refractivity contribution >= 4 is 34.2 Å². The van der Waals surface area contributed by atoms with Gasteiger partial charge >= 0.3 is 0 Å².